The normalized spacial score (nSPS) is 15.6. The molecule has 0 unspecified atom stereocenters. The van der Waals surface area contributed by atoms with E-state index in [9.17, 15) is 9.59 Å². The van der Waals surface area contributed by atoms with Crippen LogP contribution >= 0.6 is 0 Å². The fourth-order valence-electron chi connectivity index (χ4n) is 3.41. The molecule has 1 fully saturated rings. The molecule has 1 aliphatic rings. The summed E-state index contributed by atoms with van der Waals surface area (Å²) in [5.41, 5.74) is 1.11. The van der Waals surface area contributed by atoms with Gasteiger partial charge in [-0.3, -0.25) is 9.59 Å². The van der Waals surface area contributed by atoms with Gasteiger partial charge in [0.25, 0.3) is 0 Å². The van der Waals surface area contributed by atoms with Crippen molar-refractivity contribution in [1.82, 2.24) is 10.2 Å². The van der Waals surface area contributed by atoms with Crippen LogP contribution in [-0.2, 0) is 16.1 Å². The molecule has 0 atom stereocenters. The maximum atomic E-state index is 12.4. The van der Waals surface area contributed by atoms with Gasteiger partial charge in [0.05, 0.1) is 0 Å². The summed E-state index contributed by atoms with van der Waals surface area (Å²) in [5, 5.41) is 5.46. The number of carbonyl (C=O) groups excluding carboxylic acids is 2. The second kappa shape index (κ2) is 7.68. The second-order valence-electron chi connectivity index (χ2n) is 7.15. The summed E-state index contributed by atoms with van der Waals surface area (Å²) in [5.74, 6) is 0.328. The van der Waals surface area contributed by atoms with E-state index in [0.717, 1.165) is 18.4 Å². The van der Waals surface area contributed by atoms with Crippen LogP contribution in [0.5, 0.6) is 0 Å². The molecule has 132 valence electrons. The third kappa shape index (κ3) is 4.19. The SMILES string of the molecule is CC(C)C(=O)N1CCC(C(=O)NCc2ccc3ccccc3c2)CC1. The van der Waals surface area contributed by atoms with E-state index in [-0.39, 0.29) is 23.7 Å². The Hall–Kier alpha value is -2.36. The van der Waals surface area contributed by atoms with Gasteiger partial charge in [-0.05, 0) is 35.2 Å². The zero-order valence-electron chi connectivity index (χ0n) is 15.0. The van der Waals surface area contributed by atoms with E-state index in [0.29, 0.717) is 19.6 Å². The van der Waals surface area contributed by atoms with E-state index in [1.807, 2.05) is 30.9 Å². The van der Waals surface area contributed by atoms with Crippen LogP contribution in [0.4, 0.5) is 0 Å². The van der Waals surface area contributed by atoms with Crippen molar-refractivity contribution in [3.05, 3.63) is 48.0 Å². The van der Waals surface area contributed by atoms with Crippen molar-refractivity contribution < 1.29 is 9.59 Å². The first-order chi connectivity index (χ1) is 12.0. The van der Waals surface area contributed by atoms with Crippen LogP contribution in [-0.4, -0.2) is 29.8 Å². The van der Waals surface area contributed by atoms with Crippen LogP contribution in [0.25, 0.3) is 10.8 Å². The number of nitrogens with zero attached hydrogens (tertiary/aromatic N) is 1. The van der Waals surface area contributed by atoms with E-state index in [1.165, 1.54) is 10.8 Å². The smallest absolute Gasteiger partial charge is 0.225 e. The lowest BCUT2D eigenvalue weighted by molar-refractivity contribution is -0.138. The highest BCUT2D eigenvalue weighted by molar-refractivity contribution is 5.83. The summed E-state index contributed by atoms with van der Waals surface area (Å²) in [6.45, 7) is 5.76. The van der Waals surface area contributed by atoms with E-state index >= 15 is 0 Å². The van der Waals surface area contributed by atoms with Gasteiger partial charge in [0.2, 0.25) is 11.8 Å². The lowest BCUT2D eigenvalue weighted by Crippen LogP contribution is -2.44. The molecule has 0 radical (unpaired) electrons. The van der Waals surface area contributed by atoms with Gasteiger partial charge < -0.3 is 10.2 Å². The Morgan fingerprint density at radius 1 is 1.08 bits per heavy atom. The van der Waals surface area contributed by atoms with E-state index in [1.54, 1.807) is 0 Å². The third-order valence-corrected chi connectivity index (χ3v) is 4.95. The van der Waals surface area contributed by atoms with Gasteiger partial charge in [0.15, 0.2) is 0 Å². The topological polar surface area (TPSA) is 49.4 Å². The van der Waals surface area contributed by atoms with Crippen LogP contribution in [0.2, 0.25) is 0 Å². The van der Waals surface area contributed by atoms with Crippen molar-refractivity contribution in [2.75, 3.05) is 13.1 Å². The minimum absolute atomic E-state index is 0.0108. The number of hydrogen-bond donors (Lipinski definition) is 1. The molecule has 25 heavy (non-hydrogen) atoms. The lowest BCUT2D eigenvalue weighted by atomic mass is 9.95. The minimum Gasteiger partial charge on any atom is -0.352 e. The quantitative estimate of drug-likeness (QED) is 0.929. The summed E-state index contributed by atoms with van der Waals surface area (Å²) >= 11 is 0. The molecule has 3 rings (SSSR count). The first kappa shape index (κ1) is 17.5. The van der Waals surface area contributed by atoms with Gasteiger partial charge in [-0.15, -0.1) is 0 Å². The third-order valence-electron chi connectivity index (χ3n) is 4.95. The molecular formula is C21H26N2O2. The molecule has 0 aliphatic carbocycles. The number of carbonyl (C=O) groups is 2. The highest BCUT2D eigenvalue weighted by Crippen LogP contribution is 2.20. The van der Waals surface area contributed by atoms with Gasteiger partial charge >= 0.3 is 0 Å². The van der Waals surface area contributed by atoms with Crippen LogP contribution in [0, 0.1) is 11.8 Å². The van der Waals surface area contributed by atoms with Gasteiger partial charge in [0.1, 0.15) is 0 Å². The summed E-state index contributed by atoms with van der Waals surface area (Å²) < 4.78 is 0. The average Bonchev–Trinajstić information content (AvgIpc) is 2.65. The molecule has 2 aromatic carbocycles. The van der Waals surface area contributed by atoms with Crippen molar-refractivity contribution in [3.8, 4) is 0 Å². The average molecular weight is 338 g/mol. The number of rotatable bonds is 4. The number of fused-ring (bicyclic) bond motifs is 1. The van der Waals surface area contributed by atoms with Crippen LogP contribution in [0.1, 0.15) is 32.3 Å². The first-order valence-corrected chi connectivity index (χ1v) is 9.09. The maximum absolute atomic E-state index is 12.4. The molecule has 4 heteroatoms. The molecule has 4 nitrogen and oxygen atoms in total. The second-order valence-corrected chi connectivity index (χ2v) is 7.15. The highest BCUT2D eigenvalue weighted by Gasteiger charge is 2.27. The molecule has 2 amide bonds. The minimum atomic E-state index is 0.0108. The van der Waals surface area contributed by atoms with Crippen LogP contribution < -0.4 is 5.32 Å². The zero-order chi connectivity index (χ0) is 17.8. The lowest BCUT2D eigenvalue weighted by Gasteiger charge is -2.32. The molecule has 1 aliphatic heterocycles. The Balaban J connectivity index is 1.52. The fourth-order valence-corrected chi connectivity index (χ4v) is 3.41. The molecule has 1 saturated heterocycles. The molecule has 0 spiro atoms. The Kier molecular flexibility index (Phi) is 5.37. The van der Waals surface area contributed by atoms with E-state index in [2.05, 4.69) is 35.6 Å². The molecular weight excluding hydrogens is 312 g/mol. The Morgan fingerprint density at radius 2 is 1.76 bits per heavy atom. The number of amides is 2. The summed E-state index contributed by atoms with van der Waals surface area (Å²) in [7, 11) is 0. The summed E-state index contributed by atoms with van der Waals surface area (Å²) in [6, 6.07) is 14.5. The van der Waals surface area contributed by atoms with Gasteiger partial charge in [-0.2, -0.15) is 0 Å². The molecule has 0 saturated carbocycles. The highest BCUT2D eigenvalue weighted by atomic mass is 16.2. The number of benzene rings is 2. The van der Waals surface area contributed by atoms with Gasteiger partial charge in [-0.1, -0.05) is 50.2 Å². The zero-order valence-corrected chi connectivity index (χ0v) is 15.0. The van der Waals surface area contributed by atoms with Crippen molar-refractivity contribution >= 4 is 22.6 Å². The Morgan fingerprint density at radius 3 is 2.44 bits per heavy atom. The van der Waals surface area contributed by atoms with Crippen LogP contribution in [0.15, 0.2) is 42.5 Å². The van der Waals surface area contributed by atoms with Crippen LogP contribution in [0.3, 0.4) is 0 Å². The standard InChI is InChI=1S/C21H26N2O2/c1-15(2)21(25)23-11-9-18(10-12-23)20(24)22-14-16-7-8-17-5-3-4-6-19(17)13-16/h3-8,13,15,18H,9-12,14H2,1-2H3,(H,22,24). The predicted molar refractivity (Wildman–Crippen MR) is 99.9 cm³/mol. The molecule has 2 aromatic rings. The number of piperidine rings is 1. The molecule has 0 bridgehead atoms. The Bertz CT molecular complexity index is 761. The Labute approximate surface area is 149 Å². The molecule has 0 aromatic heterocycles. The molecule has 1 heterocycles. The first-order valence-electron chi connectivity index (χ1n) is 9.09. The van der Waals surface area contributed by atoms with Gasteiger partial charge in [-0.25, -0.2) is 0 Å². The number of nitrogens with one attached hydrogen (secondary N) is 1. The summed E-state index contributed by atoms with van der Waals surface area (Å²) in [4.78, 5) is 26.3. The van der Waals surface area contributed by atoms with E-state index in [4.69, 9.17) is 0 Å². The van der Waals surface area contributed by atoms with E-state index < -0.39 is 0 Å². The number of hydrogen-bond acceptors (Lipinski definition) is 2. The van der Waals surface area contributed by atoms with Gasteiger partial charge in [0, 0.05) is 31.5 Å². The van der Waals surface area contributed by atoms with Crippen molar-refractivity contribution in [2.45, 2.75) is 33.2 Å². The molecule has 1 N–H and O–H groups in total. The largest absolute Gasteiger partial charge is 0.352 e. The predicted octanol–water partition coefficient (Wildman–Crippen LogP) is 3.35. The monoisotopic (exact) mass is 338 g/mol. The van der Waals surface area contributed by atoms with Crippen molar-refractivity contribution in [1.29, 1.82) is 0 Å². The number of likely N-dealkylation sites (tertiary alicyclic amines) is 1. The maximum Gasteiger partial charge on any atom is 0.225 e. The summed E-state index contributed by atoms with van der Waals surface area (Å²) in [6.07, 6.45) is 1.50. The van der Waals surface area contributed by atoms with Crippen molar-refractivity contribution in [2.24, 2.45) is 11.8 Å². The fraction of sp³-hybridized carbons (Fsp3) is 0.429. The van der Waals surface area contributed by atoms with Crippen molar-refractivity contribution in [3.63, 3.8) is 0 Å².